The molecule has 5 nitrogen and oxygen atoms in total. The summed E-state index contributed by atoms with van der Waals surface area (Å²) in [5.74, 6) is 1.97. The maximum atomic E-state index is 10.9. The second-order valence-electron chi connectivity index (χ2n) is 6.89. The quantitative estimate of drug-likeness (QED) is 0.934. The molecule has 0 amide bonds. The van der Waals surface area contributed by atoms with Crippen molar-refractivity contribution in [3.05, 3.63) is 35.7 Å². The van der Waals surface area contributed by atoms with Gasteiger partial charge in [-0.05, 0) is 37.8 Å². The summed E-state index contributed by atoms with van der Waals surface area (Å²) in [6.45, 7) is 6.11. The summed E-state index contributed by atoms with van der Waals surface area (Å²) in [4.78, 5) is 8.92. The highest BCUT2D eigenvalue weighted by molar-refractivity contribution is 5.32. The van der Waals surface area contributed by atoms with Crippen molar-refractivity contribution in [3.8, 4) is 5.69 Å². The van der Waals surface area contributed by atoms with Gasteiger partial charge in [0.1, 0.15) is 6.10 Å². The zero-order valence-electron chi connectivity index (χ0n) is 14.2. The Morgan fingerprint density at radius 3 is 2.61 bits per heavy atom. The van der Waals surface area contributed by atoms with Crippen LogP contribution in [-0.4, -0.2) is 24.9 Å². The number of pyridine rings is 1. The minimum atomic E-state index is -0.552. The van der Waals surface area contributed by atoms with Crippen LogP contribution in [0.15, 0.2) is 18.3 Å². The highest BCUT2D eigenvalue weighted by Crippen LogP contribution is 2.34. The first-order valence-corrected chi connectivity index (χ1v) is 8.64. The van der Waals surface area contributed by atoms with E-state index in [9.17, 15) is 5.11 Å². The largest absolute Gasteiger partial charge is 0.385 e. The fraction of sp³-hybridized carbons (Fsp3) is 0.611. The van der Waals surface area contributed by atoms with E-state index in [1.165, 1.54) is 19.3 Å². The van der Waals surface area contributed by atoms with Gasteiger partial charge in [0.15, 0.2) is 11.6 Å². The molecule has 0 radical (unpaired) electrons. The van der Waals surface area contributed by atoms with E-state index in [1.54, 1.807) is 6.20 Å². The SMILES string of the molecule is Cc1cc(-n2nc(C(C)C)nc2[C@H](O)C2CCCCC2)ccn1. The molecule has 1 fully saturated rings. The molecule has 0 bridgehead atoms. The molecule has 2 aromatic rings. The minimum absolute atomic E-state index is 0.233. The van der Waals surface area contributed by atoms with Gasteiger partial charge < -0.3 is 5.11 Å². The lowest BCUT2D eigenvalue weighted by atomic mass is 9.85. The van der Waals surface area contributed by atoms with Crippen molar-refractivity contribution in [1.82, 2.24) is 19.7 Å². The smallest absolute Gasteiger partial charge is 0.161 e. The van der Waals surface area contributed by atoms with Crippen molar-refractivity contribution in [1.29, 1.82) is 0 Å². The van der Waals surface area contributed by atoms with E-state index in [1.807, 2.05) is 23.7 Å². The van der Waals surface area contributed by atoms with Crippen LogP contribution in [0.3, 0.4) is 0 Å². The average Bonchev–Trinajstić information content (AvgIpc) is 3.00. The van der Waals surface area contributed by atoms with Gasteiger partial charge in [-0.15, -0.1) is 0 Å². The van der Waals surface area contributed by atoms with Crippen LogP contribution in [0, 0.1) is 12.8 Å². The highest BCUT2D eigenvalue weighted by atomic mass is 16.3. The van der Waals surface area contributed by atoms with Crippen LogP contribution in [0.1, 0.15) is 75.3 Å². The number of hydrogen-bond donors (Lipinski definition) is 1. The number of nitrogens with zero attached hydrogens (tertiary/aromatic N) is 4. The number of aliphatic hydroxyl groups is 1. The van der Waals surface area contributed by atoms with Crippen LogP contribution >= 0.6 is 0 Å². The first kappa shape index (κ1) is 16.1. The Kier molecular flexibility index (Phi) is 4.76. The van der Waals surface area contributed by atoms with E-state index in [-0.39, 0.29) is 11.8 Å². The Morgan fingerprint density at radius 1 is 1.22 bits per heavy atom. The molecular weight excluding hydrogens is 288 g/mol. The first-order chi connectivity index (χ1) is 11.1. The molecular formula is C18H26N4O. The molecule has 0 spiro atoms. The molecule has 0 saturated heterocycles. The van der Waals surface area contributed by atoms with Crippen molar-refractivity contribution in [2.75, 3.05) is 0 Å². The molecule has 0 aromatic carbocycles. The Balaban J connectivity index is 2.00. The molecule has 2 heterocycles. The predicted octanol–water partition coefficient (Wildman–Crippen LogP) is 3.71. The lowest BCUT2D eigenvalue weighted by Crippen LogP contribution is -2.19. The van der Waals surface area contributed by atoms with Gasteiger partial charge in [0, 0.05) is 17.8 Å². The second-order valence-corrected chi connectivity index (χ2v) is 6.89. The van der Waals surface area contributed by atoms with Crippen LogP contribution < -0.4 is 0 Å². The zero-order chi connectivity index (χ0) is 16.4. The van der Waals surface area contributed by atoms with Crippen LogP contribution in [0.5, 0.6) is 0 Å². The average molecular weight is 314 g/mol. The molecule has 2 aromatic heterocycles. The number of aromatic nitrogens is 4. The molecule has 0 unspecified atom stereocenters. The number of aliphatic hydroxyl groups excluding tert-OH is 1. The lowest BCUT2D eigenvalue weighted by Gasteiger charge is -2.26. The van der Waals surface area contributed by atoms with Gasteiger partial charge in [0.2, 0.25) is 0 Å². The molecule has 1 aliphatic carbocycles. The van der Waals surface area contributed by atoms with Crippen LogP contribution in [0.25, 0.3) is 5.69 Å². The van der Waals surface area contributed by atoms with E-state index < -0.39 is 6.10 Å². The molecule has 3 rings (SSSR count). The fourth-order valence-corrected chi connectivity index (χ4v) is 3.29. The summed E-state index contributed by atoms with van der Waals surface area (Å²) >= 11 is 0. The Morgan fingerprint density at radius 2 is 1.96 bits per heavy atom. The highest BCUT2D eigenvalue weighted by Gasteiger charge is 2.28. The molecule has 1 atom stereocenters. The normalized spacial score (nSPS) is 17.6. The van der Waals surface area contributed by atoms with Gasteiger partial charge in [0.25, 0.3) is 0 Å². The van der Waals surface area contributed by atoms with Crippen LogP contribution in [-0.2, 0) is 0 Å². The number of rotatable bonds is 4. The van der Waals surface area contributed by atoms with Crippen molar-refractivity contribution in [3.63, 3.8) is 0 Å². The zero-order valence-corrected chi connectivity index (χ0v) is 14.2. The molecule has 1 saturated carbocycles. The Labute approximate surface area is 137 Å². The van der Waals surface area contributed by atoms with Crippen molar-refractivity contribution >= 4 is 0 Å². The summed E-state index contributed by atoms with van der Waals surface area (Å²) in [6, 6.07) is 3.90. The van der Waals surface area contributed by atoms with Gasteiger partial charge in [-0.1, -0.05) is 33.1 Å². The predicted molar refractivity (Wildman–Crippen MR) is 89.5 cm³/mol. The number of aryl methyl sites for hydroxylation is 1. The summed E-state index contributed by atoms with van der Waals surface area (Å²) in [7, 11) is 0. The van der Waals surface area contributed by atoms with Gasteiger partial charge in [-0.2, -0.15) is 5.10 Å². The van der Waals surface area contributed by atoms with E-state index in [2.05, 4.69) is 28.9 Å². The van der Waals surface area contributed by atoms with Crippen molar-refractivity contribution in [2.24, 2.45) is 5.92 Å². The topological polar surface area (TPSA) is 63.8 Å². The molecule has 23 heavy (non-hydrogen) atoms. The molecule has 124 valence electrons. The molecule has 5 heteroatoms. The van der Waals surface area contributed by atoms with E-state index in [0.29, 0.717) is 5.82 Å². The molecule has 0 aliphatic heterocycles. The Hall–Kier alpha value is -1.75. The van der Waals surface area contributed by atoms with E-state index in [4.69, 9.17) is 0 Å². The van der Waals surface area contributed by atoms with E-state index >= 15 is 0 Å². The maximum absolute atomic E-state index is 10.9. The van der Waals surface area contributed by atoms with Crippen LogP contribution in [0.2, 0.25) is 0 Å². The summed E-state index contributed by atoms with van der Waals surface area (Å²) in [6.07, 6.45) is 7.03. The van der Waals surface area contributed by atoms with Gasteiger partial charge in [-0.3, -0.25) is 4.98 Å². The third kappa shape index (κ3) is 3.44. The standard InChI is InChI=1S/C18H26N4O/c1-12(2)17-20-18(16(23)14-7-5-4-6-8-14)22(21-17)15-9-10-19-13(3)11-15/h9-12,14,16,23H,4-8H2,1-3H3/t16-/m1/s1. The van der Waals surface area contributed by atoms with Crippen molar-refractivity contribution < 1.29 is 5.11 Å². The van der Waals surface area contributed by atoms with Gasteiger partial charge >= 0.3 is 0 Å². The first-order valence-electron chi connectivity index (χ1n) is 8.64. The summed E-state index contributed by atoms with van der Waals surface area (Å²) in [5, 5.41) is 15.6. The minimum Gasteiger partial charge on any atom is -0.385 e. The van der Waals surface area contributed by atoms with Gasteiger partial charge in [0.05, 0.1) is 5.69 Å². The van der Waals surface area contributed by atoms with Gasteiger partial charge in [-0.25, -0.2) is 9.67 Å². The second kappa shape index (κ2) is 6.79. The van der Waals surface area contributed by atoms with Crippen molar-refractivity contribution in [2.45, 2.75) is 64.9 Å². The monoisotopic (exact) mass is 314 g/mol. The lowest BCUT2D eigenvalue weighted by molar-refractivity contribution is 0.0752. The maximum Gasteiger partial charge on any atom is 0.161 e. The van der Waals surface area contributed by atoms with Crippen LogP contribution in [0.4, 0.5) is 0 Å². The third-order valence-electron chi connectivity index (χ3n) is 4.65. The molecule has 1 N–H and O–H groups in total. The summed E-state index contributed by atoms with van der Waals surface area (Å²) in [5.41, 5.74) is 1.85. The summed E-state index contributed by atoms with van der Waals surface area (Å²) < 4.78 is 1.81. The molecule has 1 aliphatic rings. The van der Waals surface area contributed by atoms with E-state index in [0.717, 1.165) is 30.0 Å². The fourth-order valence-electron chi connectivity index (χ4n) is 3.29. The number of hydrogen-bond acceptors (Lipinski definition) is 4. The Bertz CT molecular complexity index is 659. The third-order valence-corrected chi connectivity index (χ3v) is 4.65.